The maximum absolute atomic E-state index is 5.88. The molecule has 0 bridgehead atoms. The zero-order valence-corrected chi connectivity index (χ0v) is 13.6. The quantitative estimate of drug-likeness (QED) is 0.903. The minimum Gasteiger partial charge on any atom is -0.370 e. The van der Waals surface area contributed by atoms with Crippen molar-refractivity contribution in [2.45, 2.75) is 39.8 Å². The highest BCUT2D eigenvalue weighted by molar-refractivity contribution is 5.54. The van der Waals surface area contributed by atoms with E-state index in [2.05, 4.69) is 68.3 Å². The normalized spacial score (nSPS) is 12.2. The molecule has 2 heteroatoms. The van der Waals surface area contributed by atoms with Crippen molar-refractivity contribution in [1.82, 2.24) is 0 Å². The summed E-state index contributed by atoms with van der Waals surface area (Å²) in [6.07, 6.45) is 0.933. The SMILES string of the molecule is Cc1ccccc1CN(C)c1ccc(CC(C)N)cc1C. The number of anilines is 1. The van der Waals surface area contributed by atoms with Crippen LogP contribution in [-0.4, -0.2) is 13.1 Å². The van der Waals surface area contributed by atoms with Gasteiger partial charge in [0.1, 0.15) is 0 Å². The van der Waals surface area contributed by atoms with E-state index in [1.54, 1.807) is 0 Å². The van der Waals surface area contributed by atoms with Gasteiger partial charge in [0.2, 0.25) is 0 Å². The molecule has 2 nitrogen and oxygen atoms in total. The van der Waals surface area contributed by atoms with Crippen molar-refractivity contribution in [3.63, 3.8) is 0 Å². The van der Waals surface area contributed by atoms with Crippen LogP contribution in [0.4, 0.5) is 5.69 Å². The average Bonchev–Trinajstić information content (AvgIpc) is 2.40. The van der Waals surface area contributed by atoms with Gasteiger partial charge < -0.3 is 10.6 Å². The molecule has 1 unspecified atom stereocenters. The van der Waals surface area contributed by atoms with Crippen LogP contribution in [0.15, 0.2) is 42.5 Å². The van der Waals surface area contributed by atoms with E-state index in [4.69, 9.17) is 5.73 Å². The molecular formula is C19H26N2. The van der Waals surface area contributed by atoms with Crippen LogP contribution in [0.2, 0.25) is 0 Å². The highest BCUT2D eigenvalue weighted by Gasteiger charge is 2.08. The molecule has 112 valence electrons. The molecule has 0 aliphatic carbocycles. The van der Waals surface area contributed by atoms with Crippen LogP contribution >= 0.6 is 0 Å². The van der Waals surface area contributed by atoms with E-state index < -0.39 is 0 Å². The second-order valence-corrected chi connectivity index (χ2v) is 6.08. The molecule has 0 amide bonds. The molecule has 0 spiro atoms. The molecule has 21 heavy (non-hydrogen) atoms. The molecule has 2 aromatic carbocycles. The molecule has 0 saturated heterocycles. The maximum Gasteiger partial charge on any atom is 0.0428 e. The van der Waals surface area contributed by atoms with Gasteiger partial charge in [-0.05, 0) is 55.5 Å². The summed E-state index contributed by atoms with van der Waals surface area (Å²) in [5.41, 5.74) is 12.5. The number of hydrogen-bond donors (Lipinski definition) is 1. The summed E-state index contributed by atoms with van der Waals surface area (Å²) >= 11 is 0. The third-order valence-corrected chi connectivity index (χ3v) is 3.90. The summed E-state index contributed by atoms with van der Waals surface area (Å²) in [5, 5.41) is 0. The Morgan fingerprint density at radius 1 is 1.05 bits per heavy atom. The molecule has 0 aliphatic heterocycles. The Labute approximate surface area is 128 Å². The van der Waals surface area contributed by atoms with E-state index in [-0.39, 0.29) is 6.04 Å². The van der Waals surface area contributed by atoms with Gasteiger partial charge in [0, 0.05) is 25.3 Å². The number of nitrogens with two attached hydrogens (primary N) is 1. The van der Waals surface area contributed by atoms with Crippen LogP contribution < -0.4 is 10.6 Å². The summed E-state index contributed by atoms with van der Waals surface area (Å²) in [7, 11) is 2.15. The van der Waals surface area contributed by atoms with Crippen molar-refractivity contribution in [1.29, 1.82) is 0 Å². The highest BCUT2D eigenvalue weighted by Crippen LogP contribution is 2.23. The fourth-order valence-corrected chi connectivity index (χ4v) is 2.77. The van der Waals surface area contributed by atoms with Gasteiger partial charge in [0.15, 0.2) is 0 Å². The van der Waals surface area contributed by atoms with Crippen LogP contribution in [0.1, 0.15) is 29.2 Å². The third kappa shape index (κ3) is 4.08. The first kappa shape index (κ1) is 15.6. The Morgan fingerprint density at radius 3 is 2.38 bits per heavy atom. The van der Waals surface area contributed by atoms with E-state index in [0.717, 1.165) is 13.0 Å². The standard InChI is InChI=1S/C19H26N2/c1-14-7-5-6-8-18(14)13-21(4)19-10-9-17(11-15(19)2)12-16(3)20/h5-11,16H,12-13,20H2,1-4H3. The second kappa shape index (κ2) is 6.77. The second-order valence-electron chi connectivity index (χ2n) is 6.08. The minimum atomic E-state index is 0.208. The van der Waals surface area contributed by atoms with E-state index in [1.165, 1.54) is 27.9 Å². The lowest BCUT2D eigenvalue weighted by atomic mass is 10.0. The first-order valence-corrected chi connectivity index (χ1v) is 7.58. The number of nitrogens with zero attached hydrogens (tertiary/aromatic N) is 1. The Bertz CT molecular complexity index is 602. The maximum atomic E-state index is 5.88. The van der Waals surface area contributed by atoms with Gasteiger partial charge in [-0.15, -0.1) is 0 Å². The third-order valence-electron chi connectivity index (χ3n) is 3.90. The molecule has 0 saturated carbocycles. The summed E-state index contributed by atoms with van der Waals surface area (Å²) < 4.78 is 0. The Hall–Kier alpha value is -1.80. The summed E-state index contributed by atoms with van der Waals surface area (Å²) in [5.74, 6) is 0. The van der Waals surface area contributed by atoms with Gasteiger partial charge in [-0.1, -0.05) is 36.4 Å². The molecule has 0 radical (unpaired) electrons. The Kier molecular flexibility index (Phi) is 5.03. The van der Waals surface area contributed by atoms with Crippen LogP contribution in [0.3, 0.4) is 0 Å². The lowest BCUT2D eigenvalue weighted by molar-refractivity contribution is 0.737. The molecule has 0 fully saturated rings. The molecular weight excluding hydrogens is 256 g/mol. The Balaban J connectivity index is 2.16. The molecule has 0 aliphatic rings. The first-order valence-electron chi connectivity index (χ1n) is 7.58. The van der Waals surface area contributed by atoms with Crippen LogP contribution in [0, 0.1) is 13.8 Å². The van der Waals surface area contributed by atoms with Gasteiger partial charge in [0.25, 0.3) is 0 Å². The van der Waals surface area contributed by atoms with Gasteiger partial charge in [-0.3, -0.25) is 0 Å². The average molecular weight is 282 g/mol. The lowest BCUT2D eigenvalue weighted by Crippen LogP contribution is -2.19. The van der Waals surface area contributed by atoms with Crippen molar-refractivity contribution in [3.8, 4) is 0 Å². The van der Waals surface area contributed by atoms with Gasteiger partial charge in [0.05, 0.1) is 0 Å². The summed E-state index contributed by atoms with van der Waals surface area (Å²) in [6, 6.07) is 15.4. The number of aryl methyl sites for hydroxylation is 2. The van der Waals surface area contributed by atoms with Crippen molar-refractivity contribution in [2.75, 3.05) is 11.9 Å². The molecule has 2 rings (SSSR count). The lowest BCUT2D eigenvalue weighted by Gasteiger charge is -2.23. The van der Waals surface area contributed by atoms with Crippen molar-refractivity contribution >= 4 is 5.69 Å². The summed E-state index contributed by atoms with van der Waals surface area (Å²) in [6.45, 7) is 7.32. The fourth-order valence-electron chi connectivity index (χ4n) is 2.77. The number of rotatable bonds is 5. The summed E-state index contributed by atoms with van der Waals surface area (Å²) in [4.78, 5) is 2.31. The first-order chi connectivity index (χ1) is 9.97. The molecule has 0 aromatic heterocycles. The molecule has 2 aromatic rings. The van der Waals surface area contributed by atoms with Crippen molar-refractivity contribution < 1.29 is 0 Å². The number of benzene rings is 2. The van der Waals surface area contributed by atoms with Crippen molar-refractivity contribution in [3.05, 3.63) is 64.7 Å². The van der Waals surface area contributed by atoms with E-state index in [9.17, 15) is 0 Å². The monoisotopic (exact) mass is 282 g/mol. The van der Waals surface area contributed by atoms with Gasteiger partial charge in [-0.25, -0.2) is 0 Å². The highest BCUT2D eigenvalue weighted by atomic mass is 15.1. The fraction of sp³-hybridized carbons (Fsp3) is 0.368. The molecule has 1 atom stereocenters. The van der Waals surface area contributed by atoms with Gasteiger partial charge >= 0.3 is 0 Å². The van der Waals surface area contributed by atoms with E-state index in [1.807, 2.05) is 6.92 Å². The largest absolute Gasteiger partial charge is 0.370 e. The van der Waals surface area contributed by atoms with Crippen molar-refractivity contribution in [2.24, 2.45) is 5.73 Å². The zero-order chi connectivity index (χ0) is 15.4. The smallest absolute Gasteiger partial charge is 0.0428 e. The molecule has 0 heterocycles. The predicted molar refractivity (Wildman–Crippen MR) is 91.8 cm³/mol. The molecule has 2 N–H and O–H groups in total. The van der Waals surface area contributed by atoms with Gasteiger partial charge in [-0.2, -0.15) is 0 Å². The number of hydrogen-bond acceptors (Lipinski definition) is 2. The van der Waals surface area contributed by atoms with E-state index in [0.29, 0.717) is 0 Å². The Morgan fingerprint density at radius 2 is 1.76 bits per heavy atom. The van der Waals surface area contributed by atoms with Crippen LogP contribution in [-0.2, 0) is 13.0 Å². The minimum absolute atomic E-state index is 0.208. The zero-order valence-electron chi connectivity index (χ0n) is 13.6. The topological polar surface area (TPSA) is 29.3 Å². The van der Waals surface area contributed by atoms with Crippen LogP contribution in [0.25, 0.3) is 0 Å². The van der Waals surface area contributed by atoms with Crippen LogP contribution in [0.5, 0.6) is 0 Å². The predicted octanol–water partition coefficient (Wildman–Crippen LogP) is 3.83. The van der Waals surface area contributed by atoms with E-state index >= 15 is 0 Å².